The topological polar surface area (TPSA) is 114 Å². The molecule has 3 aromatic rings. The number of hydrogen-bond donors (Lipinski definition) is 3. The average Bonchev–Trinajstić information content (AvgIpc) is 2.66. The fraction of sp³-hybridized carbons (Fsp3) is 0. The molecule has 0 aliphatic carbocycles. The number of aromatic amines is 1. The third-order valence-corrected chi connectivity index (χ3v) is 4.15. The lowest BCUT2D eigenvalue weighted by atomic mass is 10.1. The van der Waals surface area contributed by atoms with Gasteiger partial charge >= 0.3 is 0 Å². The summed E-state index contributed by atoms with van der Waals surface area (Å²) in [6.07, 6.45) is 1.33. The Kier molecular flexibility index (Phi) is 5.41. The number of benzene rings is 2. The first kappa shape index (κ1) is 18.5. The van der Waals surface area contributed by atoms with Crippen molar-refractivity contribution in [2.24, 2.45) is 5.10 Å². The lowest BCUT2D eigenvalue weighted by Crippen LogP contribution is -2.16. The van der Waals surface area contributed by atoms with Crippen LogP contribution in [0.2, 0.25) is 10.0 Å². The Morgan fingerprint density at radius 3 is 2.67 bits per heavy atom. The van der Waals surface area contributed by atoms with Crippen LogP contribution in [-0.4, -0.2) is 21.3 Å². The predicted molar refractivity (Wildman–Crippen MR) is 104 cm³/mol. The number of H-pyrrole nitrogens is 1. The summed E-state index contributed by atoms with van der Waals surface area (Å²) in [7, 11) is 0. The highest BCUT2D eigenvalue weighted by atomic mass is 35.5. The maximum Gasteiger partial charge on any atom is 0.270 e. The highest BCUT2D eigenvalue weighted by molar-refractivity contribution is 6.37. The van der Waals surface area contributed by atoms with Crippen LogP contribution in [-0.2, 0) is 0 Å². The van der Waals surface area contributed by atoms with E-state index in [1.807, 2.05) is 12.1 Å². The predicted octanol–water partition coefficient (Wildman–Crippen LogP) is 3.77. The van der Waals surface area contributed by atoms with Gasteiger partial charge in [-0.1, -0.05) is 53.5 Å². The van der Waals surface area contributed by atoms with Gasteiger partial charge in [0, 0.05) is 11.1 Å². The molecule has 2 aromatic carbocycles. The van der Waals surface area contributed by atoms with E-state index in [4.69, 9.17) is 23.2 Å². The van der Waals surface area contributed by atoms with Crippen molar-refractivity contribution in [3.63, 3.8) is 0 Å². The number of anilines is 1. The molecule has 3 rings (SSSR count). The first-order chi connectivity index (χ1) is 13.0. The van der Waals surface area contributed by atoms with Gasteiger partial charge in [-0.15, -0.1) is 0 Å². The molecule has 0 spiro atoms. The minimum atomic E-state index is -0.591. The number of phenolic OH excluding ortho intramolecular Hbond substituents is 1. The summed E-state index contributed by atoms with van der Waals surface area (Å²) in [6, 6.07) is 13.4. The minimum absolute atomic E-state index is 0.0448. The van der Waals surface area contributed by atoms with Gasteiger partial charge < -0.3 is 5.11 Å². The van der Waals surface area contributed by atoms with Crippen LogP contribution in [0.3, 0.4) is 0 Å². The second-order valence-corrected chi connectivity index (χ2v) is 6.13. The summed E-state index contributed by atoms with van der Waals surface area (Å²) in [4.78, 5) is 18.9. The molecule has 3 N–H and O–H groups in total. The molecular weight excluding hydrogens is 389 g/mol. The van der Waals surface area contributed by atoms with Crippen LogP contribution in [0.5, 0.6) is 5.75 Å². The summed E-state index contributed by atoms with van der Waals surface area (Å²) in [5.74, 6) is -0.0952. The molecule has 7 nitrogen and oxygen atoms in total. The van der Waals surface area contributed by atoms with E-state index in [-0.39, 0.29) is 33.0 Å². The molecule has 0 unspecified atom stereocenters. The molecular formula is C18H11Cl2N5O2. The molecule has 0 atom stereocenters. The highest BCUT2D eigenvalue weighted by Gasteiger charge is 2.13. The van der Waals surface area contributed by atoms with E-state index in [1.54, 1.807) is 24.3 Å². The van der Waals surface area contributed by atoms with Gasteiger partial charge in [0.15, 0.2) is 0 Å². The second-order valence-electron chi connectivity index (χ2n) is 5.31. The van der Waals surface area contributed by atoms with Gasteiger partial charge in [0.2, 0.25) is 5.95 Å². The van der Waals surface area contributed by atoms with Gasteiger partial charge in [-0.3, -0.25) is 9.78 Å². The largest absolute Gasteiger partial charge is 0.506 e. The normalized spacial score (nSPS) is 10.7. The quantitative estimate of drug-likeness (QED) is 0.456. The Bertz CT molecular complexity index is 1120. The van der Waals surface area contributed by atoms with E-state index in [9.17, 15) is 15.2 Å². The zero-order valence-corrected chi connectivity index (χ0v) is 15.1. The number of nitriles is 1. The number of rotatable bonds is 4. The average molecular weight is 400 g/mol. The number of hydrogen-bond acceptors (Lipinski definition) is 6. The van der Waals surface area contributed by atoms with Crippen molar-refractivity contribution in [1.82, 2.24) is 9.97 Å². The van der Waals surface area contributed by atoms with Gasteiger partial charge in [0.05, 0.1) is 22.0 Å². The van der Waals surface area contributed by atoms with Gasteiger partial charge in [-0.2, -0.15) is 10.4 Å². The third-order valence-electron chi connectivity index (χ3n) is 3.52. The van der Waals surface area contributed by atoms with Crippen LogP contribution in [0.25, 0.3) is 11.3 Å². The van der Waals surface area contributed by atoms with E-state index >= 15 is 0 Å². The maximum atomic E-state index is 12.2. The fourth-order valence-corrected chi connectivity index (χ4v) is 2.68. The van der Waals surface area contributed by atoms with E-state index in [0.717, 1.165) is 0 Å². The SMILES string of the molecule is N#Cc1c(-c2ccccc2)nc(NN=Cc2cc(O)c(Cl)cc2Cl)[nH]c1=O. The molecule has 0 aliphatic heterocycles. The summed E-state index contributed by atoms with van der Waals surface area (Å²) >= 11 is 11.8. The molecule has 0 saturated carbocycles. The molecule has 0 fully saturated rings. The van der Waals surface area contributed by atoms with Crippen LogP contribution in [0.4, 0.5) is 5.95 Å². The Morgan fingerprint density at radius 2 is 1.96 bits per heavy atom. The second kappa shape index (κ2) is 7.91. The van der Waals surface area contributed by atoms with Gasteiger partial charge in [0.1, 0.15) is 17.4 Å². The van der Waals surface area contributed by atoms with Crippen molar-refractivity contribution in [2.75, 3.05) is 5.43 Å². The van der Waals surface area contributed by atoms with Crippen molar-refractivity contribution >= 4 is 35.4 Å². The lowest BCUT2D eigenvalue weighted by Gasteiger charge is -2.06. The number of hydrazone groups is 1. The van der Waals surface area contributed by atoms with Crippen LogP contribution in [0, 0.1) is 11.3 Å². The zero-order valence-electron chi connectivity index (χ0n) is 13.6. The van der Waals surface area contributed by atoms with E-state index in [2.05, 4.69) is 20.5 Å². The Balaban J connectivity index is 1.93. The van der Waals surface area contributed by atoms with Gasteiger partial charge in [-0.05, 0) is 12.1 Å². The van der Waals surface area contributed by atoms with Gasteiger partial charge in [-0.25, -0.2) is 10.4 Å². The smallest absolute Gasteiger partial charge is 0.270 e. The van der Waals surface area contributed by atoms with Crippen molar-refractivity contribution < 1.29 is 5.11 Å². The number of nitrogens with one attached hydrogen (secondary N) is 2. The fourth-order valence-electron chi connectivity index (χ4n) is 2.25. The number of aromatic nitrogens is 2. The highest BCUT2D eigenvalue weighted by Crippen LogP contribution is 2.29. The van der Waals surface area contributed by atoms with E-state index in [1.165, 1.54) is 18.3 Å². The third kappa shape index (κ3) is 4.08. The monoisotopic (exact) mass is 399 g/mol. The Morgan fingerprint density at radius 1 is 1.22 bits per heavy atom. The lowest BCUT2D eigenvalue weighted by molar-refractivity contribution is 0.475. The molecule has 134 valence electrons. The molecule has 27 heavy (non-hydrogen) atoms. The summed E-state index contributed by atoms with van der Waals surface area (Å²) < 4.78 is 0. The first-order valence-corrected chi connectivity index (χ1v) is 8.32. The van der Waals surface area contributed by atoms with Crippen LogP contribution >= 0.6 is 23.2 Å². The molecule has 1 heterocycles. The van der Waals surface area contributed by atoms with Crippen molar-refractivity contribution in [3.05, 3.63) is 74.0 Å². The van der Waals surface area contributed by atoms with E-state index < -0.39 is 5.56 Å². The first-order valence-electron chi connectivity index (χ1n) is 7.56. The van der Waals surface area contributed by atoms with Crippen molar-refractivity contribution in [3.8, 4) is 23.1 Å². The van der Waals surface area contributed by atoms with Crippen molar-refractivity contribution in [2.45, 2.75) is 0 Å². The van der Waals surface area contributed by atoms with Crippen LogP contribution < -0.4 is 11.0 Å². The summed E-state index contributed by atoms with van der Waals surface area (Å²) in [6.45, 7) is 0. The van der Waals surface area contributed by atoms with Gasteiger partial charge in [0.25, 0.3) is 5.56 Å². The minimum Gasteiger partial charge on any atom is -0.506 e. The molecule has 0 saturated heterocycles. The number of halogens is 2. The van der Waals surface area contributed by atoms with Crippen LogP contribution in [0.15, 0.2) is 52.4 Å². The number of nitrogens with zero attached hydrogens (tertiary/aromatic N) is 3. The molecule has 0 bridgehead atoms. The maximum absolute atomic E-state index is 12.2. The molecule has 9 heteroatoms. The summed E-state index contributed by atoms with van der Waals surface area (Å²) in [5, 5.41) is 23.2. The standard InChI is InChI=1S/C18H11Cl2N5O2/c19-13-7-14(20)15(26)6-11(13)9-22-25-18-23-16(10-4-2-1-3-5-10)12(8-21)17(27)24-18/h1-7,9,26H,(H2,23,24,25,27). The molecule has 0 aliphatic rings. The molecule has 0 radical (unpaired) electrons. The van der Waals surface area contributed by atoms with Crippen molar-refractivity contribution in [1.29, 1.82) is 5.26 Å². The molecule has 1 aromatic heterocycles. The number of aromatic hydroxyl groups is 1. The Hall–Kier alpha value is -3.34. The number of phenols is 1. The molecule has 0 amide bonds. The Labute approximate surface area is 163 Å². The van der Waals surface area contributed by atoms with Crippen LogP contribution in [0.1, 0.15) is 11.1 Å². The van der Waals surface area contributed by atoms with E-state index in [0.29, 0.717) is 11.1 Å². The summed E-state index contributed by atoms with van der Waals surface area (Å²) in [5.41, 5.74) is 3.16. The zero-order chi connectivity index (χ0) is 19.4.